The van der Waals surface area contributed by atoms with Crippen molar-refractivity contribution in [2.24, 2.45) is 0 Å². The Labute approximate surface area is 158 Å². The molecule has 0 bridgehead atoms. The van der Waals surface area contributed by atoms with Gasteiger partial charge in [-0.05, 0) is 37.5 Å². The van der Waals surface area contributed by atoms with Gasteiger partial charge in [0.25, 0.3) is 5.56 Å². The molecule has 6 heteroatoms. The zero-order valence-corrected chi connectivity index (χ0v) is 15.6. The van der Waals surface area contributed by atoms with Crippen molar-refractivity contribution in [1.29, 1.82) is 0 Å². The Morgan fingerprint density at radius 1 is 1.19 bits per heavy atom. The minimum absolute atomic E-state index is 0.165. The van der Waals surface area contributed by atoms with Crippen LogP contribution in [0, 0.1) is 0 Å². The summed E-state index contributed by atoms with van der Waals surface area (Å²) in [4.78, 5) is 23.3. The van der Waals surface area contributed by atoms with Crippen LogP contribution >= 0.6 is 0 Å². The van der Waals surface area contributed by atoms with E-state index in [0.717, 1.165) is 16.8 Å². The predicted molar refractivity (Wildman–Crippen MR) is 107 cm³/mol. The molecule has 0 saturated heterocycles. The van der Waals surface area contributed by atoms with Gasteiger partial charge in [0.05, 0.1) is 5.60 Å². The molecule has 1 aromatic carbocycles. The second-order valence-corrected chi connectivity index (χ2v) is 6.69. The van der Waals surface area contributed by atoms with E-state index in [9.17, 15) is 9.90 Å². The van der Waals surface area contributed by atoms with E-state index in [2.05, 4.69) is 20.3 Å². The number of hydrogen-bond acceptors (Lipinski definition) is 5. The number of benzene rings is 1. The molecule has 3 N–H and O–H groups in total. The molecule has 0 aliphatic carbocycles. The van der Waals surface area contributed by atoms with E-state index in [-0.39, 0.29) is 5.56 Å². The first kappa shape index (κ1) is 18.8. The minimum Gasteiger partial charge on any atom is -0.385 e. The Kier molecular flexibility index (Phi) is 5.66. The lowest BCUT2D eigenvalue weighted by Gasteiger charge is -2.24. The highest BCUT2D eigenvalue weighted by Gasteiger charge is 2.22. The molecule has 27 heavy (non-hydrogen) atoms. The number of H-pyrrole nitrogens is 1. The fourth-order valence-corrected chi connectivity index (χ4v) is 2.84. The van der Waals surface area contributed by atoms with Gasteiger partial charge in [0.2, 0.25) is 0 Å². The van der Waals surface area contributed by atoms with Gasteiger partial charge in [-0.3, -0.25) is 4.79 Å². The fraction of sp³-hybridized carbons (Fsp3) is 0.286. The first-order valence-corrected chi connectivity index (χ1v) is 9.06. The lowest BCUT2D eigenvalue weighted by Crippen LogP contribution is -2.24. The number of aromatic nitrogens is 3. The first-order chi connectivity index (χ1) is 13.0. The number of aryl methyl sites for hydroxylation is 1. The van der Waals surface area contributed by atoms with Crippen LogP contribution in [-0.4, -0.2) is 26.6 Å². The minimum atomic E-state index is -0.905. The van der Waals surface area contributed by atoms with Crippen molar-refractivity contribution in [2.75, 3.05) is 11.9 Å². The SMILES string of the molecule is CCc1cc(=O)[nH]c(-c2ccc(NCCC(C)(O)c3ccccc3)nc2)n1. The number of pyridine rings is 1. The number of aliphatic hydroxyl groups is 1. The summed E-state index contributed by atoms with van der Waals surface area (Å²) >= 11 is 0. The van der Waals surface area contributed by atoms with Crippen LogP contribution in [-0.2, 0) is 12.0 Å². The van der Waals surface area contributed by atoms with Crippen molar-refractivity contribution in [3.8, 4) is 11.4 Å². The van der Waals surface area contributed by atoms with Gasteiger partial charge in [-0.2, -0.15) is 0 Å². The van der Waals surface area contributed by atoms with E-state index in [4.69, 9.17) is 0 Å². The molecule has 0 saturated carbocycles. The van der Waals surface area contributed by atoms with Crippen LogP contribution < -0.4 is 10.9 Å². The van der Waals surface area contributed by atoms with Crippen molar-refractivity contribution in [2.45, 2.75) is 32.3 Å². The quantitative estimate of drug-likeness (QED) is 0.599. The molecular formula is C21H24N4O2. The Morgan fingerprint density at radius 2 is 1.96 bits per heavy atom. The van der Waals surface area contributed by atoms with Gasteiger partial charge in [0, 0.05) is 30.1 Å². The summed E-state index contributed by atoms with van der Waals surface area (Å²) in [6.45, 7) is 4.35. The third kappa shape index (κ3) is 4.80. The second kappa shape index (κ2) is 8.14. The zero-order chi connectivity index (χ0) is 19.3. The summed E-state index contributed by atoms with van der Waals surface area (Å²) < 4.78 is 0. The van der Waals surface area contributed by atoms with Crippen molar-refractivity contribution < 1.29 is 5.11 Å². The van der Waals surface area contributed by atoms with Crippen LogP contribution in [0.5, 0.6) is 0 Å². The molecule has 1 atom stereocenters. The number of nitrogens with one attached hydrogen (secondary N) is 2. The van der Waals surface area contributed by atoms with E-state index in [0.29, 0.717) is 31.0 Å². The molecule has 2 aromatic heterocycles. The molecule has 0 spiro atoms. The number of anilines is 1. The number of hydrogen-bond donors (Lipinski definition) is 3. The molecule has 3 rings (SSSR count). The average Bonchev–Trinajstić information content (AvgIpc) is 2.68. The Hall–Kier alpha value is -2.99. The highest BCUT2D eigenvalue weighted by atomic mass is 16.3. The standard InChI is InChI=1S/C21H24N4O2/c1-3-17-13-19(26)25-20(24-17)15-9-10-18(23-14-15)22-12-11-21(2,27)16-7-5-4-6-8-16/h4-10,13-14,27H,3,11-12H2,1-2H3,(H,22,23)(H,24,25,26). The molecule has 0 fully saturated rings. The van der Waals surface area contributed by atoms with Crippen molar-refractivity contribution in [3.05, 3.63) is 76.3 Å². The Morgan fingerprint density at radius 3 is 2.63 bits per heavy atom. The fourth-order valence-electron chi connectivity index (χ4n) is 2.84. The van der Waals surface area contributed by atoms with E-state index in [1.807, 2.05) is 56.3 Å². The third-order valence-electron chi connectivity index (χ3n) is 4.51. The average molecular weight is 364 g/mol. The summed E-state index contributed by atoms with van der Waals surface area (Å²) in [6.07, 6.45) is 2.93. The lowest BCUT2D eigenvalue weighted by atomic mass is 9.93. The highest BCUT2D eigenvalue weighted by Crippen LogP contribution is 2.24. The van der Waals surface area contributed by atoms with Crippen LogP contribution in [0.2, 0.25) is 0 Å². The summed E-state index contributed by atoms with van der Waals surface area (Å²) in [5, 5.41) is 13.8. The van der Waals surface area contributed by atoms with Crippen molar-refractivity contribution in [3.63, 3.8) is 0 Å². The van der Waals surface area contributed by atoms with Crippen LogP contribution in [0.15, 0.2) is 59.5 Å². The van der Waals surface area contributed by atoms with E-state index < -0.39 is 5.60 Å². The number of rotatable bonds is 7. The van der Waals surface area contributed by atoms with Crippen LogP contribution in [0.25, 0.3) is 11.4 Å². The van der Waals surface area contributed by atoms with E-state index in [1.54, 1.807) is 6.20 Å². The molecule has 0 radical (unpaired) electrons. The summed E-state index contributed by atoms with van der Waals surface area (Å²) in [6, 6.07) is 14.8. The van der Waals surface area contributed by atoms with Crippen molar-refractivity contribution >= 4 is 5.82 Å². The highest BCUT2D eigenvalue weighted by molar-refractivity contribution is 5.55. The summed E-state index contributed by atoms with van der Waals surface area (Å²) in [5.74, 6) is 1.22. The van der Waals surface area contributed by atoms with Gasteiger partial charge < -0.3 is 15.4 Å². The zero-order valence-electron chi connectivity index (χ0n) is 15.6. The molecule has 6 nitrogen and oxygen atoms in total. The topological polar surface area (TPSA) is 90.9 Å². The maximum Gasteiger partial charge on any atom is 0.251 e. The Balaban J connectivity index is 1.63. The summed E-state index contributed by atoms with van der Waals surface area (Å²) in [7, 11) is 0. The number of nitrogens with zero attached hydrogens (tertiary/aromatic N) is 2. The molecule has 0 aliphatic rings. The maximum absolute atomic E-state index is 11.7. The molecule has 2 heterocycles. The molecular weight excluding hydrogens is 340 g/mol. The van der Waals surface area contributed by atoms with Gasteiger partial charge in [0.1, 0.15) is 11.6 Å². The molecule has 0 amide bonds. The largest absolute Gasteiger partial charge is 0.385 e. The normalized spacial score (nSPS) is 13.1. The van der Waals surface area contributed by atoms with Crippen molar-refractivity contribution in [1.82, 2.24) is 15.0 Å². The van der Waals surface area contributed by atoms with Crippen LogP contribution in [0.3, 0.4) is 0 Å². The molecule has 140 valence electrons. The first-order valence-electron chi connectivity index (χ1n) is 9.06. The maximum atomic E-state index is 11.7. The van der Waals surface area contributed by atoms with Crippen LogP contribution in [0.4, 0.5) is 5.82 Å². The van der Waals surface area contributed by atoms with E-state index >= 15 is 0 Å². The van der Waals surface area contributed by atoms with Gasteiger partial charge >= 0.3 is 0 Å². The lowest BCUT2D eigenvalue weighted by molar-refractivity contribution is 0.0515. The Bertz CT molecular complexity index is 934. The van der Waals surface area contributed by atoms with Gasteiger partial charge in [0.15, 0.2) is 0 Å². The van der Waals surface area contributed by atoms with Gasteiger partial charge in [-0.25, -0.2) is 9.97 Å². The van der Waals surface area contributed by atoms with E-state index in [1.165, 1.54) is 6.07 Å². The molecule has 1 unspecified atom stereocenters. The monoisotopic (exact) mass is 364 g/mol. The molecule has 3 aromatic rings. The van der Waals surface area contributed by atoms with Gasteiger partial charge in [-0.1, -0.05) is 37.3 Å². The van der Waals surface area contributed by atoms with Gasteiger partial charge in [-0.15, -0.1) is 0 Å². The smallest absolute Gasteiger partial charge is 0.251 e. The molecule has 0 aliphatic heterocycles. The van der Waals surface area contributed by atoms with Crippen LogP contribution in [0.1, 0.15) is 31.5 Å². The number of aromatic amines is 1. The predicted octanol–water partition coefficient (Wildman–Crippen LogP) is 3.10. The summed E-state index contributed by atoms with van der Waals surface area (Å²) in [5.41, 5.74) is 1.32. The third-order valence-corrected chi connectivity index (χ3v) is 4.51. The second-order valence-electron chi connectivity index (χ2n) is 6.69.